The van der Waals surface area contributed by atoms with Crippen LogP contribution in [0.4, 0.5) is 5.00 Å². The van der Waals surface area contributed by atoms with Gasteiger partial charge in [-0.15, -0.1) is 21.5 Å². The van der Waals surface area contributed by atoms with Gasteiger partial charge in [0.05, 0.1) is 18.8 Å². The Labute approximate surface area is 165 Å². The number of carbonyl (C=O) groups is 2. The molecular weight excluding hydrogens is 388 g/mol. The van der Waals surface area contributed by atoms with E-state index in [2.05, 4.69) is 10.2 Å². The maximum absolute atomic E-state index is 12.4. The number of hydrogen-bond donors (Lipinski definition) is 1. The molecule has 1 fully saturated rings. The Morgan fingerprint density at radius 3 is 2.52 bits per heavy atom. The lowest BCUT2D eigenvalue weighted by atomic mass is 10.1. The number of nitrogens with two attached hydrogens (primary N) is 1. The van der Waals surface area contributed by atoms with Crippen molar-refractivity contribution in [2.75, 3.05) is 18.9 Å². The number of esters is 2. The molecule has 2 heterocycles. The topological polar surface area (TPSA) is 109 Å². The molecule has 0 spiro atoms. The molecule has 0 aliphatic heterocycles. The van der Waals surface area contributed by atoms with Crippen molar-refractivity contribution in [1.82, 2.24) is 14.8 Å². The van der Waals surface area contributed by atoms with Gasteiger partial charge in [-0.25, -0.2) is 9.59 Å². The van der Waals surface area contributed by atoms with Gasteiger partial charge in [0.2, 0.25) is 0 Å². The fourth-order valence-electron chi connectivity index (χ4n) is 2.70. The maximum Gasteiger partial charge on any atom is 0.348 e. The first kappa shape index (κ1) is 19.7. The SMILES string of the molecule is CCOC(=O)c1sc(N)c(C(=O)OCC)c1CSc1nnc(C2CC2)n1C. The van der Waals surface area contributed by atoms with E-state index in [1.54, 1.807) is 13.8 Å². The molecule has 1 aliphatic rings. The zero-order valence-corrected chi connectivity index (χ0v) is 17.1. The number of anilines is 1. The molecule has 27 heavy (non-hydrogen) atoms. The number of thioether (sulfide) groups is 1. The fraction of sp³-hybridized carbons (Fsp3) is 0.529. The van der Waals surface area contributed by atoms with Crippen molar-refractivity contribution < 1.29 is 19.1 Å². The van der Waals surface area contributed by atoms with Crippen molar-refractivity contribution >= 4 is 40.0 Å². The van der Waals surface area contributed by atoms with Gasteiger partial charge >= 0.3 is 11.9 Å². The summed E-state index contributed by atoms with van der Waals surface area (Å²) in [5.41, 5.74) is 6.79. The summed E-state index contributed by atoms with van der Waals surface area (Å²) in [5.74, 6) is 0.774. The van der Waals surface area contributed by atoms with Crippen LogP contribution in [-0.4, -0.2) is 39.9 Å². The maximum atomic E-state index is 12.4. The molecule has 146 valence electrons. The Morgan fingerprint density at radius 1 is 1.22 bits per heavy atom. The third-order valence-electron chi connectivity index (χ3n) is 4.13. The number of carbonyl (C=O) groups excluding carboxylic acids is 2. The molecule has 0 aromatic carbocycles. The largest absolute Gasteiger partial charge is 0.462 e. The van der Waals surface area contributed by atoms with Gasteiger partial charge in [0.15, 0.2) is 5.16 Å². The fourth-order valence-corrected chi connectivity index (χ4v) is 4.70. The van der Waals surface area contributed by atoms with Crippen molar-refractivity contribution in [3.63, 3.8) is 0 Å². The zero-order chi connectivity index (χ0) is 19.6. The van der Waals surface area contributed by atoms with Crippen LogP contribution >= 0.6 is 23.1 Å². The van der Waals surface area contributed by atoms with Crippen molar-refractivity contribution in [2.24, 2.45) is 7.05 Å². The summed E-state index contributed by atoms with van der Waals surface area (Å²) in [6, 6.07) is 0. The van der Waals surface area contributed by atoms with Gasteiger partial charge in [-0.05, 0) is 26.7 Å². The van der Waals surface area contributed by atoms with E-state index in [1.165, 1.54) is 11.8 Å². The van der Waals surface area contributed by atoms with Crippen molar-refractivity contribution in [1.29, 1.82) is 0 Å². The van der Waals surface area contributed by atoms with E-state index in [4.69, 9.17) is 15.2 Å². The van der Waals surface area contributed by atoms with E-state index >= 15 is 0 Å². The lowest BCUT2D eigenvalue weighted by molar-refractivity contribution is 0.0527. The van der Waals surface area contributed by atoms with Gasteiger partial charge in [0.1, 0.15) is 15.7 Å². The quantitative estimate of drug-likeness (QED) is 0.522. The first-order chi connectivity index (χ1) is 13.0. The first-order valence-corrected chi connectivity index (χ1v) is 10.6. The van der Waals surface area contributed by atoms with E-state index in [9.17, 15) is 9.59 Å². The lowest BCUT2D eigenvalue weighted by Gasteiger charge is -2.08. The molecule has 8 nitrogen and oxygen atoms in total. The number of thiophene rings is 1. The van der Waals surface area contributed by atoms with Crippen LogP contribution < -0.4 is 5.73 Å². The molecule has 0 bridgehead atoms. The van der Waals surface area contributed by atoms with Crippen LogP contribution in [0.2, 0.25) is 0 Å². The Balaban J connectivity index is 1.89. The molecule has 2 aromatic heterocycles. The van der Waals surface area contributed by atoms with Crippen molar-refractivity contribution in [3.05, 3.63) is 21.8 Å². The van der Waals surface area contributed by atoms with Gasteiger partial charge in [-0.2, -0.15) is 0 Å². The third kappa shape index (κ3) is 4.11. The number of nitrogens with zero attached hydrogens (tertiary/aromatic N) is 3. The highest BCUT2D eigenvalue weighted by Gasteiger charge is 2.31. The number of nitrogen functional groups attached to an aromatic ring is 1. The van der Waals surface area contributed by atoms with Crippen molar-refractivity contribution in [2.45, 2.75) is 43.5 Å². The smallest absolute Gasteiger partial charge is 0.348 e. The van der Waals surface area contributed by atoms with Gasteiger partial charge in [-0.3, -0.25) is 0 Å². The van der Waals surface area contributed by atoms with Crippen LogP contribution in [0.3, 0.4) is 0 Å². The number of rotatable bonds is 8. The Kier molecular flexibility index (Phi) is 6.05. The normalized spacial score (nSPS) is 13.6. The average Bonchev–Trinajstić information content (AvgIpc) is 3.32. The summed E-state index contributed by atoms with van der Waals surface area (Å²) in [6.07, 6.45) is 2.27. The Morgan fingerprint density at radius 2 is 1.89 bits per heavy atom. The predicted octanol–water partition coefficient (Wildman–Crippen LogP) is 2.98. The Hall–Kier alpha value is -2.07. The summed E-state index contributed by atoms with van der Waals surface area (Å²) in [5, 5.41) is 9.47. The molecule has 0 amide bonds. The molecule has 0 atom stereocenters. The second-order valence-electron chi connectivity index (χ2n) is 6.05. The van der Waals surface area contributed by atoms with Crippen LogP contribution in [0, 0.1) is 0 Å². The molecule has 3 rings (SSSR count). The lowest BCUT2D eigenvalue weighted by Crippen LogP contribution is -2.11. The van der Waals surface area contributed by atoms with Gasteiger partial charge < -0.3 is 19.8 Å². The number of hydrogen-bond acceptors (Lipinski definition) is 9. The molecular formula is C17H22N4O4S2. The van der Waals surface area contributed by atoms with E-state index in [0.717, 1.165) is 35.2 Å². The van der Waals surface area contributed by atoms with E-state index < -0.39 is 11.9 Å². The minimum atomic E-state index is -0.533. The van der Waals surface area contributed by atoms with Crippen LogP contribution in [0.15, 0.2) is 5.16 Å². The monoisotopic (exact) mass is 410 g/mol. The molecule has 0 unspecified atom stereocenters. The first-order valence-electron chi connectivity index (χ1n) is 8.75. The van der Waals surface area contributed by atoms with E-state index in [-0.39, 0.29) is 23.8 Å². The summed E-state index contributed by atoms with van der Waals surface area (Å²) < 4.78 is 12.2. The molecule has 1 saturated carbocycles. The number of ether oxygens (including phenoxy) is 2. The van der Waals surface area contributed by atoms with Crippen molar-refractivity contribution in [3.8, 4) is 0 Å². The van der Waals surface area contributed by atoms with Crippen LogP contribution in [0.5, 0.6) is 0 Å². The molecule has 0 saturated heterocycles. The van der Waals surface area contributed by atoms with Crippen LogP contribution in [0.1, 0.15) is 64.0 Å². The Bertz CT molecular complexity index is 857. The third-order valence-corrected chi connectivity index (χ3v) is 6.22. The van der Waals surface area contributed by atoms with E-state index in [0.29, 0.717) is 22.1 Å². The highest BCUT2D eigenvalue weighted by Crippen LogP contribution is 2.40. The van der Waals surface area contributed by atoms with Gasteiger partial charge in [0.25, 0.3) is 0 Å². The summed E-state index contributed by atoms with van der Waals surface area (Å²) >= 11 is 2.45. The molecule has 10 heteroatoms. The van der Waals surface area contributed by atoms with Gasteiger partial charge in [0, 0.05) is 24.3 Å². The standard InChI is InChI=1S/C17H22N4O4S2/c1-4-24-15(22)11-10(12(27-13(11)18)16(23)25-5-2)8-26-17-20-19-14(21(17)3)9-6-7-9/h9H,4-8,18H2,1-3H3. The molecule has 2 N–H and O–H groups in total. The second kappa shape index (κ2) is 8.30. The number of aromatic nitrogens is 3. The van der Waals surface area contributed by atoms with Crippen LogP contribution in [0.25, 0.3) is 0 Å². The van der Waals surface area contributed by atoms with Crippen LogP contribution in [-0.2, 0) is 22.3 Å². The molecule has 2 aromatic rings. The second-order valence-corrected chi connectivity index (χ2v) is 8.05. The average molecular weight is 411 g/mol. The minimum absolute atomic E-state index is 0.226. The summed E-state index contributed by atoms with van der Waals surface area (Å²) in [4.78, 5) is 25.0. The zero-order valence-electron chi connectivity index (χ0n) is 15.5. The predicted molar refractivity (Wildman–Crippen MR) is 103 cm³/mol. The van der Waals surface area contributed by atoms with E-state index in [1.807, 2.05) is 11.6 Å². The summed E-state index contributed by atoms with van der Waals surface area (Å²) in [6.45, 7) is 3.92. The molecule has 0 radical (unpaired) electrons. The highest BCUT2D eigenvalue weighted by molar-refractivity contribution is 7.98. The van der Waals surface area contributed by atoms with Gasteiger partial charge in [-0.1, -0.05) is 11.8 Å². The highest BCUT2D eigenvalue weighted by atomic mass is 32.2. The summed E-state index contributed by atoms with van der Waals surface area (Å²) in [7, 11) is 1.93. The molecule has 1 aliphatic carbocycles. The minimum Gasteiger partial charge on any atom is -0.462 e.